The molecular formula is C24H31N5O3S. The van der Waals surface area contributed by atoms with Crippen LogP contribution in [0.5, 0.6) is 0 Å². The maximum atomic E-state index is 13.0. The van der Waals surface area contributed by atoms with Crippen molar-refractivity contribution in [3.8, 4) is 0 Å². The Kier molecular flexibility index (Phi) is 7.11. The van der Waals surface area contributed by atoms with Crippen LogP contribution >= 0.6 is 11.8 Å². The molecule has 0 aliphatic carbocycles. The fraction of sp³-hybridized carbons (Fsp3) is 0.458. The van der Waals surface area contributed by atoms with Crippen LogP contribution in [-0.4, -0.2) is 36.8 Å². The van der Waals surface area contributed by atoms with E-state index < -0.39 is 21.9 Å². The van der Waals surface area contributed by atoms with Gasteiger partial charge in [-0.15, -0.1) is 0 Å². The largest absolute Gasteiger partial charge is 0.355 e. The van der Waals surface area contributed by atoms with Crippen LogP contribution in [0.4, 0.5) is 0 Å². The second kappa shape index (κ2) is 9.51. The van der Waals surface area contributed by atoms with Crippen molar-refractivity contribution in [1.29, 1.82) is 0 Å². The molecule has 1 aromatic carbocycles. The molecule has 2 aromatic heterocycles. The molecule has 0 spiro atoms. The Hall–Kier alpha value is -2.94. The number of hydrogen-bond acceptors (Lipinski definition) is 6. The maximum Gasteiger partial charge on any atom is 0.332 e. The molecule has 176 valence electrons. The number of nitrogens with zero attached hydrogens (tertiary/aromatic N) is 4. The van der Waals surface area contributed by atoms with Gasteiger partial charge in [0, 0.05) is 26.1 Å². The number of carbonyl (C=O) groups is 1. The van der Waals surface area contributed by atoms with E-state index in [9.17, 15) is 14.4 Å². The van der Waals surface area contributed by atoms with Crippen LogP contribution in [0.3, 0.4) is 0 Å². The molecule has 33 heavy (non-hydrogen) atoms. The molecule has 0 aliphatic rings. The van der Waals surface area contributed by atoms with Crippen molar-refractivity contribution in [3.63, 3.8) is 0 Å². The van der Waals surface area contributed by atoms with Crippen LogP contribution in [0, 0.1) is 0 Å². The first-order valence-corrected chi connectivity index (χ1v) is 11.8. The fourth-order valence-corrected chi connectivity index (χ4v) is 4.33. The molecule has 3 aromatic rings. The third kappa shape index (κ3) is 5.19. The minimum absolute atomic E-state index is 0.145. The Labute approximate surface area is 197 Å². The summed E-state index contributed by atoms with van der Waals surface area (Å²) in [7, 11) is 3.01. The molecule has 0 saturated heterocycles. The van der Waals surface area contributed by atoms with E-state index in [0.717, 1.165) is 10.1 Å². The minimum atomic E-state index is -0.499. The minimum Gasteiger partial charge on any atom is -0.355 e. The molecule has 1 amide bonds. The van der Waals surface area contributed by atoms with Crippen molar-refractivity contribution in [2.24, 2.45) is 14.1 Å². The van der Waals surface area contributed by atoms with Crippen molar-refractivity contribution in [1.82, 2.24) is 24.4 Å². The number of thioether (sulfide) groups is 1. The summed E-state index contributed by atoms with van der Waals surface area (Å²) in [6.45, 7) is 10.2. The zero-order valence-electron chi connectivity index (χ0n) is 20.2. The van der Waals surface area contributed by atoms with Gasteiger partial charge in [-0.1, -0.05) is 69.8 Å². The number of hydrogen-bond donors (Lipinski definition) is 1. The molecule has 0 radical (unpaired) electrons. The van der Waals surface area contributed by atoms with Gasteiger partial charge in [0.2, 0.25) is 5.91 Å². The highest BCUT2D eigenvalue weighted by Crippen LogP contribution is 2.29. The highest BCUT2D eigenvalue weighted by molar-refractivity contribution is 8.00. The highest BCUT2D eigenvalue weighted by atomic mass is 32.2. The Morgan fingerprint density at radius 2 is 1.70 bits per heavy atom. The van der Waals surface area contributed by atoms with Crippen molar-refractivity contribution >= 4 is 28.7 Å². The van der Waals surface area contributed by atoms with Gasteiger partial charge >= 0.3 is 5.69 Å². The lowest BCUT2D eigenvalue weighted by Crippen LogP contribution is -2.38. The van der Waals surface area contributed by atoms with E-state index >= 15 is 0 Å². The van der Waals surface area contributed by atoms with Gasteiger partial charge in [-0.25, -0.2) is 14.8 Å². The molecule has 0 bridgehead atoms. The molecule has 3 rings (SSSR count). The molecule has 1 N–H and O–H groups in total. The van der Waals surface area contributed by atoms with Crippen molar-refractivity contribution in [2.45, 2.75) is 56.2 Å². The van der Waals surface area contributed by atoms with Gasteiger partial charge in [0.15, 0.2) is 5.65 Å². The Morgan fingerprint density at radius 1 is 1.06 bits per heavy atom. The van der Waals surface area contributed by atoms with Gasteiger partial charge in [-0.05, 0) is 18.4 Å². The van der Waals surface area contributed by atoms with E-state index in [1.54, 1.807) is 14.0 Å². The van der Waals surface area contributed by atoms with Gasteiger partial charge in [0.05, 0.1) is 5.25 Å². The summed E-state index contributed by atoms with van der Waals surface area (Å²) < 4.78 is 2.39. The van der Waals surface area contributed by atoms with Crippen LogP contribution in [0.1, 0.15) is 51.9 Å². The summed E-state index contributed by atoms with van der Waals surface area (Å²) in [6, 6.07) is 10.00. The second-order valence-corrected chi connectivity index (χ2v) is 10.7. The van der Waals surface area contributed by atoms with Gasteiger partial charge in [-0.3, -0.25) is 18.7 Å². The molecule has 0 fully saturated rings. The summed E-state index contributed by atoms with van der Waals surface area (Å²) in [5.74, 6) is 0.529. The van der Waals surface area contributed by atoms with E-state index in [1.165, 1.54) is 23.4 Å². The molecule has 0 aliphatic heterocycles. The summed E-state index contributed by atoms with van der Waals surface area (Å²) >= 11 is 1.20. The first-order valence-electron chi connectivity index (χ1n) is 10.9. The highest BCUT2D eigenvalue weighted by Gasteiger charge is 2.26. The molecule has 9 heteroatoms. The Balaban J connectivity index is 1.93. The van der Waals surface area contributed by atoms with Crippen LogP contribution in [-0.2, 0) is 24.3 Å². The second-order valence-electron chi connectivity index (χ2n) is 9.32. The predicted octanol–water partition coefficient (Wildman–Crippen LogP) is 2.73. The number of benzene rings is 1. The molecule has 2 atom stereocenters. The van der Waals surface area contributed by atoms with Gasteiger partial charge in [0.1, 0.15) is 16.2 Å². The first-order chi connectivity index (χ1) is 15.4. The number of aryl methyl sites for hydroxylation is 1. The smallest absolute Gasteiger partial charge is 0.332 e. The van der Waals surface area contributed by atoms with Crippen LogP contribution in [0.25, 0.3) is 11.0 Å². The summed E-state index contributed by atoms with van der Waals surface area (Å²) in [5, 5.41) is 3.15. The average molecular weight is 470 g/mol. The fourth-order valence-electron chi connectivity index (χ4n) is 3.37. The first kappa shape index (κ1) is 24.7. The summed E-state index contributed by atoms with van der Waals surface area (Å²) in [4.78, 5) is 47.5. The number of rotatable bonds is 6. The van der Waals surface area contributed by atoms with E-state index in [0.29, 0.717) is 17.4 Å². The molecule has 0 unspecified atom stereocenters. The number of nitrogens with one attached hydrogen (secondary N) is 1. The van der Waals surface area contributed by atoms with E-state index in [4.69, 9.17) is 0 Å². The zero-order chi connectivity index (χ0) is 24.5. The third-order valence-electron chi connectivity index (χ3n) is 5.55. The lowest BCUT2D eigenvalue weighted by atomic mass is 9.96. The molecule has 8 nitrogen and oxygen atoms in total. The standard InChI is InChI=1S/C24H31N5O3S/c1-14(16-11-9-8-10-12-16)13-25-19(30)15(2)33-20-17-18(26-22(27-20)24(3,4)5)28(6)23(32)29(7)21(17)31/h8-12,14-15H,13H2,1-7H3,(H,25,30)/t14-,15+/m1/s1. The normalized spacial score (nSPS) is 13.7. The van der Waals surface area contributed by atoms with Crippen molar-refractivity contribution < 1.29 is 4.79 Å². The SMILES string of the molecule is C[C@H](Sc1nc(C(C)(C)C)nc2c1c(=O)n(C)c(=O)n2C)C(=O)NC[C@@H](C)c1ccccc1. The Morgan fingerprint density at radius 3 is 2.30 bits per heavy atom. The summed E-state index contributed by atoms with van der Waals surface area (Å²) in [5.41, 5.74) is 0.0936. The van der Waals surface area contributed by atoms with E-state index in [1.807, 2.05) is 51.1 Å². The van der Waals surface area contributed by atoms with Gasteiger partial charge in [-0.2, -0.15) is 0 Å². The van der Waals surface area contributed by atoms with E-state index in [-0.39, 0.29) is 22.9 Å². The monoisotopic (exact) mass is 469 g/mol. The van der Waals surface area contributed by atoms with Crippen LogP contribution < -0.4 is 16.6 Å². The topological polar surface area (TPSA) is 98.9 Å². The Bertz CT molecular complexity index is 1290. The van der Waals surface area contributed by atoms with Crippen LogP contribution in [0.15, 0.2) is 44.9 Å². The zero-order valence-corrected chi connectivity index (χ0v) is 21.0. The van der Waals surface area contributed by atoms with Crippen molar-refractivity contribution in [2.75, 3.05) is 6.54 Å². The number of aromatic nitrogens is 4. The average Bonchev–Trinajstić information content (AvgIpc) is 2.78. The third-order valence-corrected chi connectivity index (χ3v) is 6.63. The van der Waals surface area contributed by atoms with Gasteiger partial charge in [0.25, 0.3) is 5.56 Å². The molecule has 0 saturated carbocycles. The number of amides is 1. The maximum absolute atomic E-state index is 13.0. The molecule has 2 heterocycles. The van der Waals surface area contributed by atoms with Gasteiger partial charge < -0.3 is 5.32 Å². The molecular weight excluding hydrogens is 438 g/mol. The van der Waals surface area contributed by atoms with Crippen molar-refractivity contribution in [3.05, 3.63) is 62.6 Å². The van der Waals surface area contributed by atoms with E-state index in [2.05, 4.69) is 22.2 Å². The predicted molar refractivity (Wildman–Crippen MR) is 132 cm³/mol. The number of fused-ring (bicyclic) bond motifs is 1. The quantitative estimate of drug-likeness (QED) is 0.440. The summed E-state index contributed by atoms with van der Waals surface area (Å²) in [6.07, 6.45) is 0. The number of carbonyl (C=O) groups excluding carboxylic acids is 1. The van der Waals surface area contributed by atoms with Crippen LogP contribution in [0.2, 0.25) is 0 Å². The lowest BCUT2D eigenvalue weighted by molar-refractivity contribution is -0.120. The lowest BCUT2D eigenvalue weighted by Gasteiger charge is -2.20.